The van der Waals surface area contributed by atoms with E-state index in [4.69, 9.17) is 9.84 Å². The minimum Gasteiger partial charge on any atom is -0.478 e. The third kappa shape index (κ3) is 4.51. The Kier molecular flexibility index (Phi) is 6.13. The predicted molar refractivity (Wildman–Crippen MR) is 115 cm³/mol. The van der Waals surface area contributed by atoms with Crippen molar-refractivity contribution in [2.24, 2.45) is 0 Å². The van der Waals surface area contributed by atoms with Crippen LogP contribution in [0.25, 0.3) is 11.0 Å². The van der Waals surface area contributed by atoms with Crippen LogP contribution in [0.3, 0.4) is 0 Å². The smallest absolute Gasteiger partial charge is 0.335 e. The van der Waals surface area contributed by atoms with E-state index >= 15 is 0 Å². The first-order valence-corrected chi connectivity index (χ1v) is 10.4. The maximum absolute atomic E-state index is 13.1. The highest BCUT2D eigenvalue weighted by Crippen LogP contribution is 2.28. The number of carbonyl (C=O) groups is 2. The van der Waals surface area contributed by atoms with Crippen LogP contribution in [0, 0.1) is 0 Å². The van der Waals surface area contributed by atoms with Gasteiger partial charge in [-0.2, -0.15) is 5.10 Å². The Morgan fingerprint density at radius 1 is 1.26 bits per heavy atom. The molecule has 4 rings (SSSR count). The van der Waals surface area contributed by atoms with Gasteiger partial charge in [-0.3, -0.25) is 4.79 Å². The van der Waals surface area contributed by atoms with Crippen LogP contribution in [-0.2, 0) is 17.8 Å². The van der Waals surface area contributed by atoms with Gasteiger partial charge in [-0.1, -0.05) is 12.1 Å². The molecule has 1 fully saturated rings. The van der Waals surface area contributed by atoms with Crippen LogP contribution < -0.4 is 10.6 Å². The first-order valence-electron chi connectivity index (χ1n) is 10.4. The molecule has 1 aromatic carbocycles. The molecule has 0 unspecified atom stereocenters. The van der Waals surface area contributed by atoms with Gasteiger partial charge in [0.2, 0.25) is 0 Å². The summed E-state index contributed by atoms with van der Waals surface area (Å²) < 4.78 is 7.24. The summed E-state index contributed by atoms with van der Waals surface area (Å²) >= 11 is 0. The molecule has 9 heteroatoms. The number of hydrogen-bond donors (Lipinski definition) is 3. The minimum atomic E-state index is -1.00. The monoisotopic (exact) mass is 423 g/mol. The second-order valence-corrected chi connectivity index (χ2v) is 7.46. The van der Waals surface area contributed by atoms with Crippen molar-refractivity contribution < 1.29 is 19.4 Å². The lowest BCUT2D eigenvalue weighted by Gasteiger charge is -2.25. The topological polar surface area (TPSA) is 118 Å². The Balaban J connectivity index is 1.60. The fourth-order valence-electron chi connectivity index (χ4n) is 3.72. The molecule has 0 bridgehead atoms. The number of fused-ring (bicyclic) bond motifs is 1. The zero-order chi connectivity index (χ0) is 21.8. The maximum atomic E-state index is 13.1. The number of carbonyl (C=O) groups excluding carboxylic acids is 1. The van der Waals surface area contributed by atoms with Gasteiger partial charge >= 0.3 is 5.97 Å². The molecule has 162 valence electrons. The summed E-state index contributed by atoms with van der Waals surface area (Å²) in [5.41, 5.74) is 2.77. The lowest BCUT2D eigenvalue weighted by molar-refractivity contribution is 0.0696. The van der Waals surface area contributed by atoms with Crippen LogP contribution >= 0.6 is 0 Å². The summed E-state index contributed by atoms with van der Waals surface area (Å²) in [5.74, 6) is -1.28. The van der Waals surface area contributed by atoms with E-state index < -0.39 is 5.97 Å². The van der Waals surface area contributed by atoms with Gasteiger partial charge in [0.05, 0.1) is 28.4 Å². The number of aromatic nitrogens is 3. The van der Waals surface area contributed by atoms with Crippen molar-refractivity contribution in [1.82, 2.24) is 20.1 Å². The summed E-state index contributed by atoms with van der Waals surface area (Å²) in [6.45, 7) is 4.25. The Bertz CT molecular complexity index is 1100. The summed E-state index contributed by atoms with van der Waals surface area (Å²) in [7, 11) is 0. The number of ether oxygens (including phenoxy) is 1. The molecule has 9 nitrogen and oxygen atoms in total. The SMILES string of the molecule is CCn1ncc2c(NC3CCOCC3)c(C(=O)NCc3cccc(C(=O)O)c3)cnc21. The van der Waals surface area contributed by atoms with Gasteiger partial charge in [-0.25, -0.2) is 14.5 Å². The fraction of sp³-hybridized carbons (Fsp3) is 0.364. The summed E-state index contributed by atoms with van der Waals surface area (Å²) in [6, 6.07) is 6.71. The molecule has 31 heavy (non-hydrogen) atoms. The van der Waals surface area contributed by atoms with Gasteiger partial charge in [0.1, 0.15) is 0 Å². The number of nitrogens with one attached hydrogen (secondary N) is 2. The lowest BCUT2D eigenvalue weighted by Crippen LogP contribution is -2.30. The fourth-order valence-corrected chi connectivity index (χ4v) is 3.72. The number of aryl methyl sites for hydroxylation is 1. The van der Waals surface area contributed by atoms with E-state index in [0.717, 1.165) is 23.9 Å². The molecule has 0 saturated carbocycles. The van der Waals surface area contributed by atoms with Gasteiger partial charge in [0, 0.05) is 38.5 Å². The number of carboxylic acids is 1. The molecule has 1 saturated heterocycles. The number of hydrogen-bond acceptors (Lipinski definition) is 6. The Morgan fingerprint density at radius 3 is 2.81 bits per heavy atom. The third-order valence-corrected chi connectivity index (χ3v) is 5.41. The van der Waals surface area contributed by atoms with Crippen LogP contribution in [0.5, 0.6) is 0 Å². The van der Waals surface area contributed by atoms with Crippen LogP contribution in [0.15, 0.2) is 36.7 Å². The zero-order valence-corrected chi connectivity index (χ0v) is 17.3. The van der Waals surface area contributed by atoms with E-state index in [2.05, 4.69) is 20.7 Å². The molecule has 3 N–H and O–H groups in total. The highest BCUT2D eigenvalue weighted by molar-refractivity contribution is 6.06. The average molecular weight is 423 g/mol. The summed E-state index contributed by atoms with van der Waals surface area (Å²) in [5, 5.41) is 20.8. The van der Waals surface area contributed by atoms with E-state index in [1.165, 1.54) is 6.07 Å². The second-order valence-electron chi connectivity index (χ2n) is 7.46. The van der Waals surface area contributed by atoms with E-state index in [1.807, 2.05) is 6.92 Å². The van der Waals surface area contributed by atoms with Crippen LogP contribution in [0.4, 0.5) is 5.69 Å². The summed E-state index contributed by atoms with van der Waals surface area (Å²) in [4.78, 5) is 28.7. The average Bonchev–Trinajstić information content (AvgIpc) is 3.22. The van der Waals surface area contributed by atoms with Crippen molar-refractivity contribution in [3.05, 3.63) is 53.3 Å². The van der Waals surface area contributed by atoms with Crippen molar-refractivity contribution in [1.29, 1.82) is 0 Å². The van der Waals surface area contributed by atoms with E-state index in [-0.39, 0.29) is 24.1 Å². The number of nitrogens with zero attached hydrogens (tertiary/aromatic N) is 3. The Hall–Kier alpha value is -3.46. The molecule has 3 aromatic rings. The predicted octanol–water partition coefficient (Wildman–Crippen LogP) is 2.67. The molecule has 0 atom stereocenters. The number of carboxylic acid groups (broad SMARTS) is 1. The van der Waals surface area contributed by atoms with Crippen molar-refractivity contribution in [2.75, 3.05) is 18.5 Å². The molecule has 1 aliphatic heterocycles. The highest BCUT2D eigenvalue weighted by atomic mass is 16.5. The van der Waals surface area contributed by atoms with Gasteiger partial charge in [-0.15, -0.1) is 0 Å². The molecule has 3 heterocycles. The largest absolute Gasteiger partial charge is 0.478 e. The Labute approximate surface area is 179 Å². The van der Waals surface area contributed by atoms with Crippen molar-refractivity contribution >= 4 is 28.6 Å². The number of rotatable bonds is 7. The van der Waals surface area contributed by atoms with Gasteiger partial charge in [-0.05, 0) is 37.5 Å². The first kappa shape index (κ1) is 20.8. The molecule has 0 spiro atoms. The highest BCUT2D eigenvalue weighted by Gasteiger charge is 2.22. The molecule has 2 aromatic heterocycles. The lowest BCUT2D eigenvalue weighted by atomic mass is 10.1. The quantitative estimate of drug-likeness (QED) is 0.535. The molecular formula is C22H25N5O4. The van der Waals surface area contributed by atoms with Gasteiger partial charge in [0.15, 0.2) is 5.65 Å². The van der Waals surface area contributed by atoms with Gasteiger partial charge < -0.3 is 20.5 Å². The van der Waals surface area contributed by atoms with Gasteiger partial charge in [0.25, 0.3) is 5.91 Å². The number of benzene rings is 1. The molecule has 1 amide bonds. The van der Waals surface area contributed by atoms with E-state index in [0.29, 0.717) is 36.6 Å². The number of anilines is 1. The number of aromatic carboxylic acids is 1. The molecule has 0 aliphatic carbocycles. The van der Waals surface area contributed by atoms with E-state index in [1.54, 1.807) is 35.3 Å². The van der Waals surface area contributed by atoms with Crippen molar-refractivity contribution in [2.45, 2.75) is 38.9 Å². The van der Waals surface area contributed by atoms with Crippen LogP contribution in [-0.4, -0.2) is 51.0 Å². The van der Waals surface area contributed by atoms with Crippen LogP contribution in [0.1, 0.15) is 46.0 Å². The molecule has 1 aliphatic rings. The molecular weight excluding hydrogens is 398 g/mol. The first-order chi connectivity index (χ1) is 15.1. The Morgan fingerprint density at radius 2 is 2.06 bits per heavy atom. The zero-order valence-electron chi connectivity index (χ0n) is 17.3. The van der Waals surface area contributed by atoms with E-state index in [9.17, 15) is 9.59 Å². The maximum Gasteiger partial charge on any atom is 0.335 e. The standard InChI is InChI=1S/C22H25N5O4/c1-2-27-20-17(13-25-27)19(26-16-6-8-31-9-7-16)18(12-23-20)21(28)24-11-14-4-3-5-15(10-14)22(29)30/h3-5,10,12-13,16H,2,6-9,11H2,1H3,(H,23,26)(H,24,28)(H,29,30). The van der Waals surface area contributed by atoms with Crippen molar-refractivity contribution in [3.8, 4) is 0 Å². The van der Waals surface area contributed by atoms with Crippen molar-refractivity contribution in [3.63, 3.8) is 0 Å². The number of amides is 1. The third-order valence-electron chi connectivity index (χ3n) is 5.41. The minimum absolute atomic E-state index is 0.184. The molecule has 0 radical (unpaired) electrons. The number of pyridine rings is 1. The van der Waals surface area contributed by atoms with Crippen LogP contribution in [0.2, 0.25) is 0 Å². The second kappa shape index (κ2) is 9.13. The normalized spacial score (nSPS) is 14.5. The summed E-state index contributed by atoms with van der Waals surface area (Å²) in [6.07, 6.45) is 5.02.